The van der Waals surface area contributed by atoms with Crippen LogP contribution in [0.4, 0.5) is 11.6 Å². The second-order valence-corrected chi connectivity index (χ2v) is 7.73. The van der Waals surface area contributed by atoms with Gasteiger partial charge in [-0.05, 0) is 37.0 Å². The zero-order valence-electron chi connectivity index (χ0n) is 16.6. The Balaban J connectivity index is 1.87. The van der Waals surface area contributed by atoms with E-state index in [0.29, 0.717) is 0 Å². The molecule has 3 N–H and O–H groups in total. The van der Waals surface area contributed by atoms with E-state index in [9.17, 15) is 10.2 Å². The highest BCUT2D eigenvalue weighted by molar-refractivity contribution is 5.52. The molecule has 146 valence electrons. The normalized spacial score (nSPS) is 16.2. The van der Waals surface area contributed by atoms with Crippen LogP contribution in [-0.4, -0.2) is 39.4 Å². The van der Waals surface area contributed by atoms with Crippen LogP contribution < -0.4 is 10.2 Å². The third-order valence-corrected chi connectivity index (χ3v) is 4.96. The number of hydrogen-bond donors (Lipinski definition) is 3. The quantitative estimate of drug-likeness (QED) is 0.725. The van der Waals surface area contributed by atoms with E-state index >= 15 is 0 Å². The molecule has 0 saturated heterocycles. The Morgan fingerprint density at radius 1 is 1.11 bits per heavy atom. The van der Waals surface area contributed by atoms with Gasteiger partial charge in [0, 0.05) is 31.1 Å². The average Bonchev–Trinajstić information content (AvgIpc) is 2.66. The van der Waals surface area contributed by atoms with Crippen molar-refractivity contribution in [1.82, 2.24) is 9.97 Å². The first-order valence-electron chi connectivity index (χ1n) is 9.68. The smallest absolute Gasteiger partial charge is 0.135 e. The molecular formula is C21H30N4O2. The molecule has 1 aliphatic rings. The molecule has 2 heterocycles. The molecule has 2 aromatic rings. The summed E-state index contributed by atoms with van der Waals surface area (Å²) in [6.07, 6.45) is 0.484. The molecule has 0 amide bonds. The first-order chi connectivity index (χ1) is 12.9. The van der Waals surface area contributed by atoms with Gasteiger partial charge in [0.2, 0.25) is 0 Å². The predicted octanol–water partition coefficient (Wildman–Crippen LogP) is 3.01. The molecule has 1 aliphatic heterocycles. The number of aliphatic hydroxyl groups is 2. The van der Waals surface area contributed by atoms with Crippen molar-refractivity contribution in [2.75, 3.05) is 23.4 Å². The monoisotopic (exact) mass is 370 g/mol. The lowest BCUT2D eigenvalue weighted by Crippen LogP contribution is -2.32. The van der Waals surface area contributed by atoms with Gasteiger partial charge in [0.05, 0.1) is 12.7 Å². The van der Waals surface area contributed by atoms with E-state index in [1.807, 2.05) is 19.1 Å². The number of hydrogen-bond acceptors (Lipinski definition) is 6. The number of aliphatic hydroxyl groups excluding tert-OH is 2. The van der Waals surface area contributed by atoms with Crippen molar-refractivity contribution >= 4 is 11.6 Å². The predicted molar refractivity (Wildman–Crippen MR) is 108 cm³/mol. The van der Waals surface area contributed by atoms with Gasteiger partial charge in [-0.3, -0.25) is 0 Å². The summed E-state index contributed by atoms with van der Waals surface area (Å²) in [4.78, 5) is 11.7. The molecule has 0 aliphatic carbocycles. The Bertz CT molecular complexity index is 792. The molecule has 1 aromatic carbocycles. The van der Waals surface area contributed by atoms with Gasteiger partial charge in [0.25, 0.3) is 0 Å². The minimum absolute atomic E-state index is 0.0546. The van der Waals surface area contributed by atoms with Crippen LogP contribution in [0.2, 0.25) is 0 Å². The highest BCUT2D eigenvalue weighted by Gasteiger charge is 2.20. The fraction of sp³-hybridized carbons (Fsp3) is 0.524. The number of fused-ring (bicyclic) bond motifs is 1. The summed E-state index contributed by atoms with van der Waals surface area (Å²) in [5, 5.41) is 22.4. The fourth-order valence-electron chi connectivity index (χ4n) is 3.27. The van der Waals surface area contributed by atoms with Gasteiger partial charge in [-0.2, -0.15) is 0 Å². The molecule has 6 heteroatoms. The average molecular weight is 370 g/mol. The van der Waals surface area contributed by atoms with Crippen LogP contribution in [0.25, 0.3) is 0 Å². The SMILES string of the molecule is CC(C)c1nc(N[C@H](C)CO)cc(N2CCc3cc([C@@H](C)O)ccc3C2)n1. The Labute approximate surface area is 161 Å². The number of aromatic nitrogens is 2. The van der Waals surface area contributed by atoms with Crippen LogP contribution in [0, 0.1) is 0 Å². The molecule has 0 unspecified atom stereocenters. The van der Waals surface area contributed by atoms with E-state index in [-0.39, 0.29) is 18.6 Å². The lowest BCUT2D eigenvalue weighted by Gasteiger charge is -2.31. The lowest BCUT2D eigenvalue weighted by atomic mass is 9.96. The van der Waals surface area contributed by atoms with Crippen molar-refractivity contribution in [2.45, 2.75) is 58.7 Å². The molecule has 0 radical (unpaired) electrons. The first kappa shape index (κ1) is 19.6. The largest absolute Gasteiger partial charge is 0.394 e. The molecule has 0 fully saturated rings. The van der Waals surface area contributed by atoms with Gasteiger partial charge < -0.3 is 20.4 Å². The van der Waals surface area contributed by atoms with Crippen molar-refractivity contribution in [3.63, 3.8) is 0 Å². The standard InChI is InChI=1S/C21H30N4O2/c1-13(2)21-23-19(22-14(3)12-26)10-20(24-21)25-8-7-17-9-16(15(4)27)5-6-18(17)11-25/h5-6,9-10,13-15,26-27H,7-8,11-12H2,1-4H3,(H,22,23,24)/t14-,15-/m1/s1. The molecule has 27 heavy (non-hydrogen) atoms. The number of nitrogens with one attached hydrogen (secondary N) is 1. The summed E-state index contributed by atoms with van der Waals surface area (Å²) in [6, 6.07) is 8.14. The van der Waals surface area contributed by atoms with Crippen molar-refractivity contribution in [3.8, 4) is 0 Å². The molecule has 0 saturated carbocycles. The van der Waals surface area contributed by atoms with Crippen molar-refractivity contribution in [3.05, 3.63) is 46.8 Å². The molecule has 2 atom stereocenters. The number of anilines is 2. The lowest BCUT2D eigenvalue weighted by molar-refractivity contribution is 0.199. The molecule has 1 aromatic heterocycles. The molecule has 3 rings (SSSR count). The first-order valence-corrected chi connectivity index (χ1v) is 9.68. The summed E-state index contributed by atoms with van der Waals surface area (Å²) in [7, 11) is 0. The van der Waals surface area contributed by atoms with Crippen molar-refractivity contribution < 1.29 is 10.2 Å². The minimum Gasteiger partial charge on any atom is -0.394 e. The van der Waals surface area contributed by atoms with Crippen molar-refractivity contribution in [2.24, 2.45) is 0 Å². The van der Waals surface area contributed by atoms with E-state index in [1.165, 1.54) is 11.1 Å². The summed E-state index contributed by atoms with van der Waals surface area (Å²) in [5.41, 5.74) is 3.54. The highest BCUT2D eigenvalue weighted by atomic mass is 16.3. The van der Waals surface area contributed by atoms with Crippen LogP contribution >= 0.6 is 0 Å². The van der Waals surface area contributed by atoms with E-state index < -0.39 is 6.10 Å². The summed E-state index contributed by atoms with van der Waals surface area (Å²) < 4.78 is 0. The second-order valence-electron chi connectivity index (χ2n) is 7.73. The van der Waals surface area contributed by atoms with Gasteiger partial charge in [-0.15, -0.1) is 0 Å². The Morgan fingerprint density at radius 2 is 1.89 bits per heavy atom. The zero-order chi connectivity index (χ0) is 19.6. The Morgan fingerprint density at radius 3 is 2.56 bits per heavy atom. The van der Waals surface area contributed by atoms with E-state index in [0.717, 1.165) is 42.5 Å². The highest BCUT2D eigenvalue weighted by Crippen LogP contribution is 2.28. The maximum Gasteiger partial charge on any atom is 0.135 e. The van der Waals surface area contributed by atoms with Crippen LogP contribution in [0.15, 0.2) is 24.3 Å². The molecular weight excluding hydrogens is 340 g/mol. The van der Waals surface area contributed by atoms with Gasteiger partial charge in [-0.25, -0.2) is 9.97 Å². The minimum atomic E-state index is -0.439. The third-order valence-electron chi connectivity index (χ3n) is 4.96. The Hall–Kier alpha value is -2.18. The molecule has 6 nitrogen and oxygen atoms in total. The van der Waals surface area contributed by atoms with E-state index in [2.05, 4.69) is 41.2 Å². The number of rotatable bonds is 6. The fourth-order valence-corrected chi connectivity index (χ4v) is 3.27. The zero-order valence-corrected chi connectivity index (χ0v) is 16.6. The van der Waals surface area contributed by atoms with E-state index in [4.69, 9.17) is 4.98 Å². The molecule has 0 spiro atoms. The van der Waals surface area contributed by atoms with Crippen molar-refractivity contribution in [1.29, 1.82) is 0 Å². The summed E-state index contributed by atoms with van der Waals surface area (Å²) in [6.45, 7) is 9.61. The molecule has 0 bridgehead atoms. The van der Waals surface area contributed by atoms with Gasteiger partial charge in [0.15, 0.2) is 0 Å². The second kappa shape index (κ2) is 8.23. The van der Waals surface area contributed by atoms with Crippen LogP contribution in [-0.2, 0) is 13.0 Å². The van der Waals surface area contributed by atoms with Gasteiger partial charge in [-0.1, -0.05) is 32.0 Å². The topological polar surface area (TPSA) is 81.5 Å². The number of nitrogens with zero attached hydrogens (tertiary/aromatic N) is 3. The Kier molecular flexibility index (Phi) is 5.97. The maximum absolute atomic E-state index is 9.81. The van der Waals surface area contributed by atoms with Gasteiger partial charge in [0.1, 0.15) is 17.5 Å². The van der Waals surface area contributed by atoms with Crippen LogP contribution in [0.3, 0.4) is 0 Å². The number of benzene rings is 1. The van der Waals surface area contributed by atoms with E-state index in [1.54, 1.807) is 6.92 Å². The van der Waals surface area contributed by atoms with Crippen LogP contribution in [0.5, 0.6) is 0 Å². The summed E-state index contributed by atoms with van der Waals surface area (Å²) >= 11 is 0. The maximum atomic E-state index is 9.81. The summed E-state index contributed by atoms with van der Waals surface area (Å²) in [5.74, 6) is 2.68. The van der Waals surface area contributed by atoms with Gasteiger partial charge >= 0.3 is 0 Å². The third kappa shape index (κ3) is 4.57. The van der Waals surface area contributed by atoms with Crippen LogP contribution in [0.1, 0.15) is 62.2 Å².